The van der Waals surface area contributed by atoms with Crippen molar-refractivity contribution in [2.75, 3.05) is 0 Å². The van der Waals surface area contributed by atoms with Gasteiger partial charge < -0.3 is 0 Å². The predicted molar refractivity (Wildman–Crippen MR) is 41.8 cm³/mol. The van der Waals surface area contributed by atoms with Crippen molar-refractivity contribution in [2.24, 2.45) is 5.92 Å². The Labute approximate surface area is 62.8 Å². The first kappa shape index (κ1) is 8.03. The highest BCUT2D eigenvalue weighted by atomic mass is 19.1. The third-order valence-electron chi connectivity index (χ3n) is 2.73. The molecule has 0 atom stereocenters. The zero-order valence-electron chi connectivity index (χ0n) is 6.99. The molecule has 1 rings (SSSR count). The minimum atomic E-state index is -0.842. The van der Waals surface area contributed by atoms with Crippen LogP contribution in [0.25, 0.3) is 0 Å². The van der Waals surface area contributed by atoms with Gasteiger partial charge in [-0.15, -0.1) is 0 Å². The normalized spacial score (nSPS) is 41.7. The fourth-order valence-corrected chi connectivity index (χ4v) is 1.69. The minimum Gasteiger partial charge on any atom is -0.244 e. The van der Waals surface area contributed by atoms with E-state index in [0.29, 0.717) is 0 Å². The van der Waals surface area contributed by atoms with E-state index in [1.54, 1.807) is 6.92 Å². The summed E-state index contributed by atoms with van der Waals surface area (Å²) in [6, 6.07) is 0. The van der Waals surface area contributed by atoms with E-state index >= 15 is 0 Å². The van der Waals surface area contributed by atoms with Crippen molar-refractivity contribution in [1.29, 1.82) is 0 Å². The average Bonchev–Trinajstić information content (AvgIpc) is 1.88. The van der Waals surface area contributed by atoms with Gasteiger partial charge in [0.05, 0.1) is 0 Å². The molecule has 1 aliphatic carbocycles. The topological polar surface area (TPSA) is 0 Å². The van der Waals surface area contributed by atoms with Gasteiger partial charge in [-0.3, -0.25) is 0 Å². The number of rotatable bonds is 1. The maximum atomic E-state index is 13.2. The van der Waals surface area contributed by atoms with E-state index in [-0.39, 0.29) is 0 Å². The molecule has 1 aliphatic rings. The molecule has 0 spiro atoms. The number of halogens is 1. The maximum absolute atomic E-state index is 13.2. The zero-order chi connectivity index (χ0) is 7.61. The summed E-state index contributed by atoms with van der Waals surface area (Å²) in [6.07, 6.45) is 5.00. The Morgan fingerprint density at radius 3 is 2.30 bits per heavy atom. The Bertz CT molecular complexity index is 97.3. The molecule has 0 aromatic rings. The van der Waals surface area contributed by atoms with Crippen LogP contribution < -0.4 is 0 Å². The highest BCUT2D eigenvalue weighted by Crippen LogP contribution is 2.35. The first-order chi connectivity index (χ1) is 4.64. The van der Waals surface area contributed by atoms with Crippen LogP contribution in [0.3, 0.4) is 0 Å². The molecular weight excluding hydrogens is 127 g/mol. The molecule has 0 nitrogen and oxygen atoms in total. The molecule has 0 heterocycles. The molecule has 1 saturated carbocycles. The second-order valence-electron chi connectivity index (χ2n) is 3.76. The van der Waals surface area contributed by atoms with E-state index in [1.807, 2.05) is 0 Å². The summed E-state index contributed by atoms with van der Waals surface area (Å²) in [5.74, 6) is 0.809. The third kappa shape index (κ3) is 1.96. The summed E-state index contributed by atoms with van der Waals surface area (Å²) >= 11 is 0. The summed E-state index contributed by atoms with van der Waals surface area (Å²) < 4.78 is 13.2. The summed E-state index contributed by atoms with van der Waals surface area (Å²) in [4.78, 5) is 0. The van der Waals surface area contributed by atoms with Crippen LogP contribution in [0.5, 0.6) is 0 Å². The summed E-state index contributed by atoms with van der Waals surface area (Å²) in [5.41, 5.74) is -0.842. The molecule has 0 saturated heterocycles. The molecule has 0 bridgehead atoms. The maximum Gasteiger partial charge on any atom is 0.108 e. The van der Waals surface area contributed by atoms with Crippen molar-refractivity contribution in [2.45, 2.75) is 51.6 Å². The Morgan fingerprint density at radius 2 is 1.90 bits per heavy atom. The van der Waals surface area contributed by atoms with Gasteiger partial charge in [0.1, 0.15) is 5.67 Å². The molecule has 10 heavy (non-hydrogen) atoms. The van der Waals surface area contributed by atoms with E-state index < -0.39 is 5.67 Å². The molecule has 0 aromatic carbocycles. The van der Waals surface area contributed by atoms with E-state index in [1.165, 1.54) is 6.42 Å². The average molecular weight is 144 g/mol. The molecule has 0 amide bonds. The van der Waals surface area contributed by atoms with Crippen molar-refractivity contribution < 1.29 is 4.39 Å². The lowest BCUT2D eigenvalue weighted by atomic mass is 9.80. The fourth-order valence-electron chi connectivity index (χ4n) is 1.69. The standard InChI is InChI=1S/C9H17F/c1-3-8-4-6-9(2,10)7-5-8/h8H,3-7H2,1-2H3. The highest BCUT2D eigenvalue weighted by Gasteiger charge is 2.29. The summed E-state index contributed by atoms with van der Waals surface area (Å²) in [7, 11) is 0. The molecule has 0 radical (unpaired) electrons. The van der Waals surface area contributed by atoms with Crippen molar-refractivity contribution in [3.05, 3.63) is 0 Å². The van der Waals surface area contributed by atoms with Crippen molar-refractivity contribution >= 4 is 0 Å². The molecule has 1 heteroatoms. The molecule has 0 aromatic heterocycles. The molecule has 0 aliphatic heterocycles. The first-order valence-corrected chi connectivity index (χ1v) is 4.33. The SMILES string of the molecule is CCC1CCC(C)(F)CC1. The van der Waals surface area contributed by atoms with E-state index in [4.69, 9.17) is 0 Å². The van der Waals surface area contributed by atoms with Crippen LogP contribution in [0.1, 0.15) is 46.0 Å². The quantitative estimate of drug-likeness (QED) is 0.529. The Kier molecular flexibility index (Phi) is 2.32. The van der Waals surface area contributed by atoms with Gasteiger partial charge in [-0.1, -0.05) is 13.3 Å². The number of alkyl halides is 1. The van der Waals surface area contributed by atoms with E-state index in [9.17, 15) is 4.39 Å². The lowest BCUT2D eigenvalue weighted by molar-refractivity contribution is 0.102. The molecule has 0 N–H and O–H groups in total. The van der Waals surface area contributed by atoms with Crippen LogP contribution in [0.4, 0.5) is 4.39 Å². The second kappa shape index (κ2) is 2.89. The van der Waals surface area contributed by atoms with Crippen molar-refractivity contribution in [1.82, 2.24) is 0 Å². The van der Waals surface area contributed by atoms with Crippen LogP contribution in [0.2, 0.25) is 0 Å². The van der Waals surface area contributed by atoms with Gasteiger partial charge in [-0.05, 0) is 38.5 Å². The lowest BCUT2D eigenvalue weighted by Crippen LogP contribution is -2.25. The zero-order valence-corrected chi connectivity index (χ0v) is 6.99. The van der Waals surface area contributed by atoms with Crippen LogP contribution in [0.15, 0.2) is 0 Å². The van der Waals surface area contributed by atoms with Crippen LogP contribution >= 0.6 is 0 Å². The smallest absolute Gasteiger partial charge is 0.108 e. The minimum absolute atomic E-state index is 0.783. The van der Waals surface area contributed by atoms with Gasteiger partial charge in [-0.2, -0.15) is 0 Å². The molecule has 60 valence electrons. The van der Waals surface area contributed by atoms with Gasteiger partial charge in [0.25, 0.3) is 0 Å². The predicted octanol–water partition coefficient (Wildman–Crippen LogP) is 3.31. The first-order valence-electron chi connectivity index (χ1n) is 4.33. The Balaban J connectivity index is 2.31. The lowest BCUT2D eigenvalue weighted by Gasteiger charge is -2.30. The van der Waals surface area contributed by atoms with Gasteiger partial charge in [0.2, 0.25) is 0 Å². The molecule has 1 fully saturated rings. The van der Waals surface area contributed by atoms with E-state index in [0.717, 1.165) is 31.6 Å². The Morgan fingerprint density at radius 1 is 1.40 bits per heavy atom. The van der Waals surface area contributed by atoms with Crippen LogP contribution in [0, 0.1) is 5.92 Å². The van der Waals surface area contributed by atoms with Gasteiger partial charge in [0, 0.05) is 0 Å². The van der Waals surface area contributed by atoms with Crippen LogP contribution in [-0.4, -0.2) is 5.67 Å². The monoisotopic (exact) mass is 144 g/mol. The molecule has 0 unspecified atom stereocenters. The second-order valence-corrected chi connectivity index (χ2v) is 3.76. The Hall–Kier alpha value is -0.0700. The van der Waals surface area contributed by atoms with Crippen molar-refractivity contribution in [3.63, 3.8) is 0 Å². The summed E-state index contributed by atoms with van der Waals surface area (Å²) in [5, 5.41) is 0. The highest BCUT2D eigenvalue weighted by molar-refractivity contribution is 4.81. The third-order valence-corrected chi connectivity index (χ3v) is 2.73. The van der Waals surface area contributed by atoms with E-state index in [2.05, 4.69) is 6.92 Å². The van der Waals surface area contributed by atoms with Gasteiger partial charge in [-0.25, -0.2) is 4.39 Å². The van der Waals surface area contributed by atoms with Gasteiger partial charge >= 0.3 is 0 Å². The fraction of sp³-hybridized carbons (Fsp3) is 1.00. The number of hydrogen-bond acceptors (Lipinski definition) is 0. The number of hydrogen-bond donors (Lipinski definition) is 0. The van der Waals surface area contributed by atoms with Crippen molar-refractivity contribution in [3.8, 4) is 0 Å². The largest absolute Gasteiger partial charge is 0.244 e. The van der Waals surface area contributed by atoms with Gasteiger partial charge in [0.15, 0.2) is 0 Å². The van der Waals surface area contributed by atoms with Crippen LogP contribution in [-0.2, 0) is 0 Å². The summed E-state index contributed by atoms with van der Waals surface area (Å²) in [6.45, 7) is 3.93. The molecular formula is C9H17F.